The fraction of sp³-hybridized carbons (Fsp3) is 0.300. The van der Waals surface area contributed by atoms with Crippen LogP contribution >= 0.6 is 12.2 Å². The summed E-state index contributed by atoms with van der Waals surface area (Å²) in [6.45, 7) is 2.86. The molecule has 2 N–H and O–H groups in total. The first-order chi connectivity index (χ1) is 12.7. The number of hydrogen-bond donors (Lipinski definition) is 2. The first-order valence-electron chi connectivity index (χ1n) is 8.78. The van der Waals surface area contributed by atoms with E-state index in [0.717, 1.165) is 28.3 Å². The highest BCUT2D eigenvalue weighted by Crippen LogP contribution is 2.32. The van der Waals surface area contributed by atoms with Crippen LogP contribution in [0.25, 0.3) is 0 Å². The molecule has 0 unspecified atom stereocenters. The molecule has 134 valence electrons. The highest BCUT2D eigenvalue weighted by atomic mass is 32.1. The van der Waals surface area contributed by atoms with Crippen molar-refractivity contribution < 1.29 is 9.47 Å². The number of aryl methyl sites for hydroxylation is 2. The van der Waals surface area contributed by atoms with Gasteiger partial charge in [-0.25, -0.2) is 0 Å². The summed E-state index contributed by atoms with van der Waals surface area (Å²) in [7, 11) is 0. The Morgan fingerprint density at radius 2 is 1.92 bits per heavy atom. The lowest BCUT2D eigenvalue weighted by molar-refractivity contribution is 0.174. The van der Waals surface area contributed by atoms with Crippen molar-refractivity contribution in [3.63, 3.8) is 0 Å². The smallest absolute Gasteiger partial charge is 0.231 e. The van der Waals surface area contributed by atoms with Gasteiger partial charge in [0.2, 0.25) is 6.79 Å². The molecule has 0 saturated heterocycles. The summed E-state index contributed by atoms with van der Waals surface area (Å²) in [5, 5.41) is 8.05. The van der Waals surface area contributed by atoms with Crippen molar-refractivity contribution >= 4 is 23.0 Å². The van der Waals surface area contributed by atoms with Crippen LogP contribution in [-0.4, -0.2) is 17.6 Å². The predicted molar refractivity (Wildman–Crippen MR) is 106 cm³/mol. The minimum atomic E-state index is 0.281. The Bertz CT molecular complexity index is 879. The first-order valence-corrected chi connectivity index (χ1v) is 9.19. The van der Waals surface area contributed by atoms with Gasteiger partial charge in [0.25, 0.3) is 0 Å². The van der Waals surface area contributed by atoms with E-state index in [0.29, 0.717) is 11.7 Å². The molecule has 4 rings (SSSR count). The molecule has 2 aromatic rings. The van der Waals surface area contributed by atoms with Crippen LogP contribution in [0.2, 0.25) is 0 Å². The second kappa shape index (κ2) is 7.33. The van der Waals surface area contributed by atoms with Gasteiger partial charge >= 0.3 is 0 Å². The number of hydrogen-bond acceptors (Lipinski definition) is 4. The topological polar surface area (TPSA) is 54.9 Å². The van der Waals surface area contributed by atoms with Gasteiger partial charge in [-0.3, -0.25) is 5.43 Å². The number of benzene rings is 2. The van der Waals surface area contributed by atoms with Gasteiger partial charge in [0.05, 0.1) is 5.71 Å². The van der Waals surface area contributed by atoms with E-state index in [-0.39, 0.29) is 6.79 Å². The minimum Gasteiger partial charge on any atom is -0.454 e. The third kappa shape index (κ3) is 3.65. The molecule has 2 aromatic carbocycles. The second-order valence-electron chi connectivity index (χ2n) is 6.52. The molecule has 1 aliphatic heterocycles. The van der Waals surface area contributed by atoms with Gasteiger partial charge in [-0.05, 0) is 78.9 Å². The molecular formula is C20H21N3O2S. The third-order valence-corrected chi connectivity index (χ3v) is 4.97. The molecule has 5 nitrogen and oxygen atoms in total. The fourth-order valence-corrected chi connectivity index (χ4v) is 3.39. The number of ether oxygens (including phenoxy) is 2. The van der Waals surface area contributed by atoms with Crippen molar-refractivity contribution in [1.29, 1.82) is 0 Å². The summed E-state index contributed by atoms with van der Waals surface area (Å²) in [4.78, 5) is 0. The molecule has 26 heavy (non-hydrogen) atoms. The van der Waals surface area contributed by atoms with Crippen molar-refractivity contribution in [2.45, 2.75) is 32.7 Å². The zero-order chi connectivity index (χ0) is 17.9. The lowest BCUT2D eigenvalue weighted by Gasteiger charge is -2.09. The van der Waals surface area contributed by atoms with Crippen LogP contribution in [0.1, 0.15) is 35.6 Å². The minimum absolute atomic E-state index is 0.281. The van der Waals surface area contributed by atoms with Crippen LogP contribution in [-0.2, 0) is 19.4 Å². The van der Waals surface area contributed by atoms with Gasteiger partial charge in [-0.1, -0.05) is 18.2 Å². The highest BCUT2D eigenvalue weighted by molar-refractivity contribution is 7.80. The van der Waals surface area contributed by atoms with Gasteiger partial charge in [-0.2, -0.15) is 5.10 Å². The number of fused-ring (bicyclic) bond motifs is 2. The maximum atomic E-state index is 5.39. The van der Waals surface area contributed by atoms with E-state index in [1.54, 1.807) is 0 Å². The molecule has 6 heteroatoms. The van der Waals surface area contributed by atoms with E-state index in [1.807, 2.05) is 25.1 Å². The maximum Gasteiger partial charge on any atom is 0.231 e. The van der Waals surface area contributed by atoms with Gasteiger partial charge < -0.3 is 14.8 Å². The van der Waals surface area contributed by atoms with E-state index >= 15 is 0 Å². The summed E-state index contributed by atoms with van der Waals surface area (Å²) < 4.78 is 10.7. The normalized spacial score (nSPS) is 14.9. The molecule has 0 fully saturated rings. The van der Waals surface area contributed by atoms with Gasteiger partial charge in [0, 0.05) is 6.54 Å². The molecule has 0 amide bonds. The van der Waals surface area contributed by atoms with Crippen molar-refractivity contribution in [2.75, 3.05) is 6.79 Å². The molecule has 2 aliphatic rings. The molecular weight excluding hydrogens is 346 g/mol. The summed E-state index contributed by atoms with van der Waals surface area (Å²) in [6.07, 6.45) is 3.61. The van der Waals surface area contributed by atoms with E-state index in [1.165, 1.54) is 30.4 Å². The van der Waals surface area contributed by atoms with Crippen molar-refractivity contribution in [3.8, 4) is 11.5 Å². The monoisotopic (exact) mass is 367 g/mol. The van der Waals surface area contributed by atoms with Gasteiger partial charge in [-0.15, -0.1) is 0 Å². The average Bonchev–Trinajstić information content (AvgIpc) is 3.32. The number of nitrogens with zero attached hydrogens (tertiary/aromatic N) is 1. The van der Waals surface area contributed by atoms with E-state index < -0.39 is 0 Å². The molecule has 0 bridgehead atoms. The van der Waals surface area contributed by atoms with Crippen LogP contribution < -0.4 is 20.2 Å². The van der Waals surface area contributed by atoms with Gasteiger partial charge in [0.1, 0.15) is 0 Å². The Labute approximate surface area is 158 Å². The van der Waals surface area contributed by atoms with Crippen LogP contribution in [0.3, 0.4) is 0 Å². The predicted octanol–water partition coefficient (Wildman–Crippen LogP) is 3.29. The Balaban J connectivity index is 1.32. The van der Waals surface area contributed by atoms with Crippen LogP contribution in [0.5, 0.6) is 11.5 Å². The quantitative estimate of drug-likeness (QED) is 0.493. The molecule has 0 saturated carbocycles. The van der Waals surface area contributed by atoms with E-state index in [2.05, 4.69) is 34.0 Å². The van der Waals surface area contributed by atoms with E-state index in [9.17, 15) is 0 Å². The number of rotatable bonds is 4. The van der Waals surface area contributed by atoms with Crippen molar-refractivity contribution in [3.05, 3.63) is 58.7 Å². The van der Waals surface area contributed by atoms with E-state index in [4.69, 9.17) is 21.7 Å². The highest BCUT2D eigenvalue weighted by Gasteiger charge is 2.13. The lowest BCUT2D eigenvalue weighted by atomic mass is 10.0. The third-order valence-electron chi connectivity index (χ3n) is 4.73. The Morgan fingerprint density at radius 1 is 1.08 bits per heavy atom. The number of thiocarbonyl (C=S) groups is 1. The lowest BCUT2D eigenvalue weighted by Crippen LogP contribution is -2.32. The fourth-order valence-electron chi connectivity index (χ4n) is 3.27. The summed E-state index contributed by atoms with van der Waals surface area (Å²) in [6, 6.07) is 12.4. The zero-order valence-corrected chi connectivity index (χ0v) is 15.5. The Hall–Kier alpha value is -2.60. The SMILES string of the molecule is C/C(=N/NC(=S)NCc1ccc2c(c1)OCO2)c1ccc2c(c1)CCC2. The molecule has 1 aliphatic carbocycles. The zero-order valence-electron chi connectivity index (χ0n) is 14.7. The summed E-state index contributed by atoms with van der Waals surface area (Å²) >= 11 is 5.32. The maximum absolute atomic E-state index is 5.39. The molecule has 0 radical (unpaired) electrons. The molecule has 0 atom stereocenters. The number of hydrazone groups is 1. The second-order valence-corrected chi connectivity index (χ2v) is 6.92. The van der Waals surface area contributed by atoms with Crippen LogP contribution in [0, 0.1) is 0 Å². The molecule has 0 aromatic heterocycles. The Morgan fingerprint density at radius 3 is 2.85 bits per heavy atom. The van der Waals surface area contributed by atoms with Gasteiger partial charge in [0.15, 0.2) is 16.6 Å². The average molecular weight is 367 g/mol. The summed E-state index contributed by atoms with van der Waals surface area (Å²) in [5.74, 6) is 1.55. The Kier molecular flexibility index (Phi) is 4.75. The van der Waals surface area contributed by atoms with Crippen LogP contribution in [0.4, 0.5) is 0 Å². The standard InChI is InChI=1S/C20H21N3O2S/c1-13(16-7-6-15-3-2-4-17(15)10-16)22-23-20(26)21-11-14-5-8-18-19(9-14)25-12-24-18/h5-10H,2-4,11-12H2,1H3,(H2,21,23,26)/b22-13-. The summed E-state index contributed by atoms with van der Waals surface area (Å²) in [5.41, 5.74) is 8.96. The van der Waals surface area contributed by atoms with Crippen LogP contribution in [0.15, 0.2) is 41.5 Å². The van der Waals surface area contributed by atoms with Crippen molar-refractivity contribution in [2.24, 2.45) is 5.10 Å². The number of nitrogens with one attached hydrogen (secondary N) is 2. The van der Waals surface area contributed by atoms with Crippen molar-refractivity contribution in [1.82, 2.24) is 10.7 Å². The molecule has 0 spiro atoms. The first kappa shape index (κ1) is 16.8. The molecule has 1 heterocycles. The largest absolute Gasteiger partial charge is 0.454 e.